The number of nitrogens with two attached hydrogens (primary N) is 1. The molecule has 1 aliphatic heterocycles. The van der Waals surface area contributed by atoms with Gasteiger partial charge in [-0.3, -0.25) is 4.79 Å². The Morgan fingerprint density at radius 3 is 2.79 bits per heavy atom. The molecular formula is C15H22N2O2. The van der Waals surface area contributed by atoms with Crippen molar-refractivity contribution < 1.29 is 9.53 Å². The number of benzene rings is 1. The molecule has 1 aromatic rings. The van der Waals surface area contributed by atoms with Crippen LogP contribution in [-0.2, 0) is 9.53 Å². The van der Waals surface area contributed by atoms with Crippen molar-refractivity contribution in [3.8, 4) is 0 Å². The molecule has 1 aromatic carbocycles. The monoisotopic (exact) mass is 262 g/mol. The highest BCUT2D eigenvalue weighted by Gasteiger charge is 2.22. The lowest BCUT2D eigenvalue weighted by atomic mass is 9.97. The van der Waals surface area contributed by atoms with Crippen LogP contribution in [0.4, 0.5) is 5.69 Å². The molecule has 2 rings (SSSR count). The minimum Gasteiger partial charge on any atom is -0.399 e. The molecule has 0 radical (unpaired) electrons. The Bertz CT molecular complexity index is 430. The topological polar surface area (TPSA) is 55.6 Å². The number of nitrogen functional groups attached to an aromatic ring is 1. The summed E-state index contributed by atoms with van der Waals surface area (Å²) in [5.74, 6) is 0.422. The van der Waals surface area contributed by atoms with Crippen molar-refractivity contribution in [3.63, 3.8) is 0 Å². The van der Waals surface area contributed by atoms with Crippen LogP contribution < -0.4 is 5.73 Å². The van der Waals surface area contributed by atoms with Gasteiger partial charge in [-0.15, -0.1) is 0 Å². The molecule has 0 aromatic heterocycles. The lowest BCUT2D eigenvalue weighted by Gasteiger charge is -2.32. The molecule has 0 spiro atoms. The molecule has 4 nitrogen and oxygen atoms in total. The van der Waals surface area contributed by atoms with Crippen LogP contribution in [0.2, 0.25) is 0 Å². The third-order valence-electron chi connectivity index (χ3n) is 3.58. The van der Waals surface area contributed by atoms with E-state index < -0.39 is 0 Å². The Labute approximate surface area is 114 Å². The molecule has 2 N–H and O–H groups in total. The smallest absolute Gasteiger partial charge is 0.223 e. The zero-order valence-electron chi connectivity index (χ0n) is 11.6. The van der Waals surface area contributed by atoms with Crippen LogP contribution in [0, 0.1) is 0 Å². The number of anilines is 1. The van der Waals surface area contributed by atoms with E-state index in [1.165, 1.54) is 0 Å². The first-order valence-corrected chi connectivity index (χ1v) is 6.81. The second-order valence-corrected chi connectivity index (χ2v) is 5.29. The van der Waals surface area contributed by atoms with Gasteiger partial charge in [0.25, 0.3) is 0 Å². The molecule has 19 heavy (non-hydrogen) atoms. The van der Waals surface area contributed by atoms with Crippen molar-refractivity contribution in [2.45, 2.75) is 32.3 Å². The van der Waals surface area contributed by atoms with Crippen molar-refractivity contribution in [2.24, 2.45) is 0 Å². The number of amides is 1. The van der Waals surface area contributed by atoms with Crippen molar-refractivity contribution in [1.29, 1.82) is 0 Å². The molecule has 0 bridgehead atoms. The van der Waals surface area contributed by atoms with Gasteiger partial charge in [-0.05, 0) is 30.5 Å². The first kappa shape index (κ1) is 13.9. The number of nitrogens with zero attached hydrogens (tertiary/aromatic N) is 1. The first-order chi connectivity index (χ1) is 9.06. The van der Waals surface area contributed by atoms with Crippen LogP contribution in [0.15, 0.2) is 24.3 Å². The highest BCUT2D eigenvalue weighted by Crippen LogP contribution is 2.21. The molecule has 4 heteroatoms. The van der Waals surface area contributed by atoms with Crippen LogP contribution in [0.5, 0.6) is 0 Å². The highest BCUT2D eigenvalue weighted by molar-refractivity contribution is 5.77. The summed E-state index contributed by atoms with van der Waals surface area (Å²) in [6.07, 6.45) is 0.681. The van der Waals surface area contributed by atoms with E-state index in [4.69, 9.17) is 10.5 Å². The number of hydrogen-bond acceptors (Lipinski definition) is 3. The average Bonchev–Trinajstić information content (AvgIpc) is 2.39. The quantitative estimate of drug-likeness (QED) is 0.848. The minimum absolute atomic E-state index is 0.143. The van der Waals surface area contributed by atoms with Gasteiger partial charge in [0.1, 0.15) is 0 Å². The Balaban J connectivity index is 1.92. The second kappa shape index (κ2) is 6.06. The maximum absolute atomic E-state index is 12.2. The van der Waals surface area contributed by atoms with E-state index in [9.17, 15) is 4.79 Å². The Hall–Kier alpha value is -1.55. The van der Waals surface area contributed by atoms with Crippen LogP contribution in [-0.4, -0.2) is 36.6 Å². The van der Waals surface area contributed by atoms with Gasteiger partial charge in [-0.25, -0.2) is 0 Å². The summed E-state index contributed by atoms with van der Waals surface area (Å²) < 4.78 is 5.45. The Morgan fingerprint density at radius 2 is 2.16 bits per heavy atom. The number of carbonyl (C=O) groups is 1. The third kappa shape index (κ3) is 3.70. The molecule has 1 aliphatic rings. The van der Waals surface area contributed by atoms with Gasteiger partial charge in [0.2, 0.25) is 5.91 Å². The SMILES string of the molecule is CC1CN(C(=O)CC(C)c2ccc(N)cc2)CCO1. The Morgan fingerprint density at radius 1 is 1.47 bits per heavy atom. The summed E-state index contributed by atoms with van der Waals surface area (Å²) >= 11 is 0. The van der Waals surface area contributed by atoms with E-state index in [0.29, 0.717) is 26.1 Å². The number of ether oxygens (including phenoxy) is 1. The molecule has 2 unspecified atom stereocenters. The summed E-state index contributed by atoms with van der Waals surface area (Å²) in [4.78, 5) is 14.1. The molecule has 1 fully saturated rings. The van der Waals surface area contributed by atoms with E-state index >= 15 is 0 Å². The number of rotatable bonds is 3. The molecular weight excluding hydrogens is 240 g/mol. The fourth-order valence-electron chi connectivity index (χ4n) is 2.38. The molecule has 1 heterocycles. The lowest BCUT2D eigenvalue weighted by Crippen LogP contribution is -2.44. The summed E-state index contributed by atoms with van der Waals surface area (Å²) in [7, 11) is 0. The normalized spacial score (nSPS) is 21.2. The van der Waals surface area contributed by atoms with E-state index in [-0.39, 0.29) is 17.9 Å². The van der Waals surface area contributed by atoms with Gasteiger partial charge < -0.3 is 15.4 Å². The molecule has 1 amide bonds. The van der Waals surface area contributed by atoms with Crippen LogP contribution in [0.25, 0.3) is 0 Å². The maximum Gasteiger partial charge on any atom is 0.223 e. The first-order valence-electron chi connectivity index (χ1n) is 6.81. The van der Waals surface area contributed by atoms with E-state index in [1.54, 1.807) is 0 Å². The van der Waals surface area contributed by atoms with Crippen molar-refractivity contribution in [3.05, 3.63) is 29.8 Å². The molecule has 0 saturated carbocycles. The zero-order valence-corrected chi connectivity index (χ0v) is 11.6. The van der Waals surface area contributed by atoms with Crippen LogP contribution in [0.3, 0.4) is 0 Å². The minimum atomic E-state index is 0.143. The van der Waals surface area contributed by atoms with Gasteiger partial charge >= 0.3 is 0 Å². The van der Waals surface area contributed by atoms with E-state index in [1.807, 2.05) is 36.1 Å². The van der Waals surface area contributed by atoms with Gasteiger partial charge in [-0.2, -0.15) is 0 Å². The lowest BCUT2D eigenvalue weighted by molar-refractivity contribution is -0.138. The third-order valence-corrected chi connectivity index (χ3v) is 3.58. The summed E-state index contributed by atoms with van der Waals surface area (Å²) in [6.45, 7) is 6.13. The number of morpholine rings is 1. The summed E-state index contributed by atoms with van der Waals surface area (Å²) in [5.41, 5.74) is 7.58. The highest BCUT2D eigenvalue weighted by atomic mass is 16.5. The fourth-order valence-corrected chi connectivity index (χ4v) is 2.38. The molecule has 104 valence electrons. The largest absolute Gasteiger partial charge is 0.399 e. The Kier molecular flexibility index (Phi) is 4.43. The van der Waals surface area contributed by atoms with E-state index in [2.05, 4.69) is 6.92 Å². The number of carbonyl (C=O) groups excluding carboxylic acids is 1. The van der Waals surface area contributed by atoms with Gasteiger partial charge in [0.05, 0.1) is 12.7 Å². The van der Waals surface area contributed by atoms with Gasteiger partial charge in [0, 0.05) is 25.2 Å². The van der Waals surface area contributed by atoms with Gasteiger partial charge in [-0.1, -0.05) is 19.1 Å². The van der Waals surface area contributed by atoms with Crippen molar-refractivity contribution in [1.82, 2.24) is 4.90 Å². The summed E-state index contributed by atoms with van der Waals surface area (Å²) in [6, 6.07) is 7.75. The van der Waals surface area contributed by atoms with Crippen molar-refractivity contribution in [2.75, 3.05) is 25.4 Å². The average molecular weight is 262 g/mol. The molecule has 2 atom stereocenters. The summed E-state index contributed by atoms with van der Waals surface area (Å²) in [5, 5.41) is 0. The maximum atomic E-state index is 12.2. The van der Waals surface area contributed by atoms with E-state index in [0.717, 1.165) is 11.3 Å². The standard InChI is InChI=1S/C15H22N2O2/c1-11(13-3-5-14(16)6-4-13)9-15(18)17-7-8-19-12(2)10-17/h3-6,11-12H,7-10,16H2,1-2H3. The molecule has 1 saturated heterocycles. The van der Waals surface area contributed by atoms with Gasteiger partial charge in [0.15, 0.2) is 0 Å². The molecule has 0 aliphatic carbocycles. The second-order valence-electron chi connectivity index (χ2n) is 5.29. The van der Waals surface area contributed by atoms with Crippen LogP contribution >= 0.6 is 0 Å². The van der Waals surface area contributed by atoms with Crippen LogP contribution in [0.1, 0.15) is 31.7 Å². The fraction of sp³-hybridized carbons (Fsp3) is 0.533. The predicted molar refractivity (Wildman–Crippen MR) is 75.9 cm³/mol. The predicted octanol–water partition coefficient (Wildman–Crippen LogP) is 2.01. The number of hydrogen-bond donors (Lipinski definition) is 1. The van der Waals surface area contributed by atoms with Crippen molar-refractivity contribution >= 4 is 11.6 Å². The zero-order chi connectivity index (χ0) is 13.8.